The summed E-state index contributed by atoms with van der Waals surface area (Å²) >= 11 is 6.16. The predicted molar refractivity (Wildman–Crippen MR) is 112 cm³/mol. The molecule has 144 valence electrons. The average molecular weight is 385 g/mol. The molecule has 0 radical (unpaired) electrons. The SMILES string of the molecule is CC1CCN(Cc2ccc(C(=O)NCCCc3ccccc3Cl)cc2)CC1. The quantitative estimate of drug-likeness (QED) is 0.686. The van der Waals surface area contributed by atoms with E-state index < -0.39 is 0 Å². The van der Waals surface area contributed by atoms with Crippen molar-refractivity contribution in [3.63, 3.8) is 0 Å². The van der Waals surface area contributed by atoms with E-state index in [4.69, 9.17) is 11.6 Å². The number of aryl methyl sites for hydroxylation is 1. The summed E-state index contributed by atoms with van der Waals surface area (Å²) in [7, 11) is 0. The van der Waals surface area contributed by atoms with E-state index in [1.807, 2.05) is 36.4 Å². The van der Waals surface area contributed by atoms with Crippen LogP contribution in [0.4, 0.5) is 0 Å². The van der Waals surface area contributed by atoms with Crippen LogP contribution in [0.25, 0.3) is 0 Å². The number of nitrogens with one attached hydrogen (secondary N) is 1. The zero-order chi connectivity index (χ0) is 19.1. The number of carbonyl (C=O) groups is 1. The topological polar surface area (TPSA) is 32.3 Å². The molecule has 3 nitrogen and oxygen atoms in total. The lowest BCUT2D eigenvalue weighted by Crippen LogP contribution is -2.32. The first-order valence-corrected chi connectivity index (χ1v) is 10.3. The average Bonchev–Trinajstić information content (AvgIpc) is 2.69. The summed E-state index contributed by atoms with van der Waals surface area (Å²) in [5.74, 6) is 0.845. The lowest BCUT2D eigenvalue weighted by Gasteiger charge is -2.30. The second kappa shape index (κ2) is 9.91. The van der Waals surface area contributed by atoms with Gasteiger partial charge in [0.15, 0.2) is 0 Å². The van der Waals surface area contributed by atoms with Crippen molar-refractivity contribution in [2.75, 3.05) is 19.6 Å². The number of hydrogen-bond donors (Lipinski definition) is 1. The van der Waals surface area contributed by atoms with Gasteiger partial charge in [0.25, 0.3) is 5.91 Å². The van der Waals surface area contributed by atoms with Gasteiger partial charge in [-0.3, -0.25) is 9.69 Å². The molecule has 0 aromatic heterocycles. The van der Waals surface area contributed by atoms with Crippen LogP contribution in [0, 0.1) is 5.92 Å². The molecule has 0 spiro atoms. The van der Waals surface area contributed by atoms with Crippen LogP contribution in [0.5, 0.6) is 0 Å². The second-order valence-corrected chi connectivity index (χ2v) is 8.01. The minimum atomic E-state index is -0.00694. The van der Waals surface area contributed by atoms with Crippen molar-refractivity contribution in [3.05, 3.63) is 70.2 Å². The Balaban J connectivity index is 1.41. The van der Waals surface area contributed by atoms with Crippen LogP contribution in [0.2, 0.25) is 5.02 Å². The van der Waals surface area contributed by atoms with Crippen molar-refractivity contribution >= 4 is 17.5 Å². The molecule has 1 amide bonds. The van der Waals surface area contributed by atoms with Crippen molar-refractivity contribution in [3.8, 4) is 0 Å². The van der Waals surface area contributed by atoms with E-state index in [0.29, 0.717) is 6.54 Å². The Bertz CT molecular complexity index is 736. The summed E-state index contributed by atoms with van der Waals surface area (Å²) < 4.78 is 0. The third-order valence-electron chi connectivity index (χ3n) is 5.36. The van der Waals surface area contributed by atoms with E-state index in [1.54, 1.807) is 0 Å². The molecule has 1 aliphatic rings. The fourth-order valence-electron chi connectivity index (χ4n) is 3.52. The molecule has 3 rings (SSSR count). The monoisotopic (exact) mass is 384 g/mol. The maximum atomic E-state index is 12.3. The zero-order valence-corrected chi connectivity index (χ0v) is 16.8. The number of piperidine rings is 1. The first kappa shape index (κ1) is 19.9. The standard InChI is InChI=1S/C23H29ClN2O/c1-18-12-15-26(16-13-18)17-19-8-10-21(11-9-19)23(27)25-14-4-6-20-5-2-3-7-22(20)24/h2-3,5,7-11,18H,4,6,12-17H2,1H3,(H,25,27). The van der Waals surface area contributed by atoms with Crippen molar-refractivity contribution in [2.45, 2.75) is 39.2 Å². The number of rotatable bonds is 7. The summed E-state index contributed by atoms with van der Waals surface area (Å²) in [6.45, 7) is 6.31. The lowest BCUT2D eigenvalue weighted by atomic mass is 9.99. The van der Waals surface area contributed by atoms with Gasteiger partial charge < -0.3 is 5.32 Å². The molecule has 0 aliphatic carbocycles. The molecule has 4 heteroatoms. The Kier molecular flexibility index (Phi) is 7.31. The van der Waals surface area contributed by atoms with Crippen LogP contribution >= 0.6 is 11.6 Å². The molecule has 0 atom stereocenters. The lowest BCUT2D eigenvalue weighted by molar-refractivity contribution is 0.0953. The third kappa shape index (κ3) is 6.08. The molecule has 1 heterocycles. The highest BCUT2D eigenvalue weighted by atomic mass is 35.5. The molecule has 27 heavy (non-hydrogen) atoms. The molecule has 2 aromatic rings. The van der Waals surface area contributed by atoms with Crippen molar-refractivity contribution in [1.82, 2.24) is 10.2 Å². The van der Waals surface area contributed by atoms with Crippen molar-refractivity contribution in [1.29, 1.82) is 0 Å². The van der Waals surface area contributed by atoms with E-state index in [2.05, 4.69) is 29.3 Å². The Labute approximate surface area is 167 Å². The fourth-order valence-corrected chi connectivity index (χ4v) is 3.75. The molecule has 1 fully saturated rings. The molecule has 0 saturated carbocycles. The van der Waals surface area contributed by atoms with E-state index >= 15 is 0 Å². The molecule has 0 unspecified atom stereocenters. The molecular weight excluding hydrogens is 356 g/mol. The highest BCUT2D eigenvalue weighted by Crippen LogP contribution is 2.18. The highest BCUT2D eigenvalue weighted by Gasteiger charge is 2.15. The molecule has 1 N–H and O–H groups in total. The summed E-state index contributed by atoms with van der Waals surface area (Å²) in [5.41, 5.74) is 3.13. The van der Waals surface area contributed by atoms with Crippen molar-refractivity contribution in [2.24, 2.45) is 5.92 Å². The van der Waals surface area contributed by atoms with Crippen molar-refractivity contribution < 1.29 is 4.79 Å². The number of likely N-dealkylation sites (tertiary alicyclic amines) is 1. The molecule has 1 aliphatic heterocycles. The largest absolute Gasteiger partial charge is 0.352 e. The summed E-state index contributed by atoms with van der Waals surface area (Å²) in [4.78, 5) is 14.8. The number of carbonyl (C=O) groups excluding carboxylic acids is 1. The minimum absolute atomic E-state index is 0.00694. The number of amides is 1. The van der Waals surface area contributed by atoms with Gasteiger partial charge in [0.1, 0.15) is 0 Å². The van der Waals surface area contributed by atoms with Gasteiger partial charge in [-0.25, -0.2) is 0 Å². The first-order valence-electron chi connectivity index (χ1n) is 9.95. The van der Waals surface area contributed by atoms with Crippen LogP contribution in [-0.4, -0.2) is 30.4 Å². The number of benzene rings is 2. The van der Waals surface area contributed by atoms with Crippen LogP contribution in [0.3, 0.4) is 0 Å². The number of nitrogens with zero attached hydrogens (tertiary/aromatic N) is 1. The van der Waals surface area contributed by atoms with Gasteiger partial charge in [0, 0.05) is 23.7 Å². The van der Waals surface area contributed by atoms with Gasteiger partial charge in [-0.05, 0) is 74.0 Å². The molecule has 1 saturated heterocycles. The Morgan fingerprint density at radius 2 is 1.81 bits per heavy atom. The minimum Gasteiger partial charge on any atom is -0.352 e. The first-order chi connectivity index (χ1) is 13.1. The molecular formula is C23H29ClN2O. The Morgan fingerprint density at radius 1 is 1.11 bits per heavy atom. The molecule has 0 bridgehead atoms. The van der Waals surface area contributed by atoms with E-state index in [0.717, 1.165) is 41.5 Å². The highest BCUT2D eigenvalue weighted by molar-refractivity contribution is 6.31. The van der Waals surface area contributed by atoms with E-state index in [9.17, 15) is 4.79 Å². The number of halogens is 1. The summed E-state index contributed by atoms with van der Waals surface area (Å²) in [6, 6.07) is 15.9. The zero-order valence-electron chi connectivity index (χ0n) is 16.1. The Hall–Kier alpha value is -1.84. The van der Waals surface area contributed by atoms with Gasteiger partial charge >= 0.3 is 0 Å². The van der Waals surface area contributed by atoms with Gasteiger partial charge in [-0.15, -0.1) is 0 Å². The predicted octanol–water partition coefficient (Wildman–Crippen LogP) is 4.93. The summed E-state index contributed by atoms with van der Waals surface area (Å²) in [5, 5.41) is 3.80. The van der Waals surface area contributed by atoms with Crippen LogP contribution in [0.15, 0.2) is 48.5 Å². The number of hydrogen-bond acceptors (Lipinski definition) is 2. The van der Waals surface area contributed by atoms with Gasteiger partial charge in [-0.1, -0.05) is 48.9 Å². The Morgan fingerprint density at radius 3 is 2.52 bits per heavy atom. The maximum absolute atomic E-state index is 12.3. The smallest absolute Gasteiger partial charge is 0.251 e. The van der Waals surface area contributed by atoms with Crippen LogP contribution in [-0.2, 0) is 13.0 Å². The maximum Gasteiger partial charge on any atom is 0.251 e. The third-order valence-corrected chi connectivity index (χ3v) is 5.73. The fraction of sp³-hybridized carbons (Fsp3) is 0.435. The van der Waals surface area contributed by atoms with Crippen LogP contribution < -0.4 is 5.32 Å². The normalized spacial score (nSPS) is 15.6. The summed E-state index contributed by atoms with van der Waals surface area (Å²) in [6.07, 6.45) is 4.32. The molecule has 2 aromatic carbocycles. The van der Waals surface area contributed by atoms with Crippen LogP contribution in [0.1, 0.15) is 47.7 Å². The van der Waals surface area contributed by atoms with Gasteiger partial charge in [-0.2, -0.15) is 0 Å². The van der Waals surface area contributed by atoms with Gasteiger partial charge in [0.2, 0.25) is 0 Å². The van der Waals surface area contributed by atoms with E-state index in [1.165, 1.54) is 31.5 Å². The van der Waals surface area contributed by atoms with Gasteiger partial charge in [0.05, 0.1) is 0 Å². The second-order valence-electron chi connectivity index (χ2n) is 7.61. The van der Waals surface area contributed by atoms with E-state index in [-0.39, 0.29) is 5.91 Å².